The average Bonchev–Trinajstić information content (AvgIpc) is 3.11. The topological polar surface area (TPSA) is 45.0 Å². The predicted octanol–water partition coefficient (Wildman–Crippen LogP) is 2.26. The van der Waals surface area contributed by atoms with Crippen molar-refractivity contribution in [3.8, 4) is 11.8 Å². The van der Waals surface area contributed by atoms with Gasteiger partial charge in [0.05, 0.1) is 24.6 Å². The molecule has 0 heterocycles. The summed E-state index contributed by atoms with van der Waals surface area (Å²) in [4.78, 5) is 0. The van der Waals surface area contributed by atoms with Crippen molar-refractivity contribution >= 4 is 0 Å². The van der Waals surface area contributed by atoms with Crippen molar-refractivity contribution in [2.75, 3.05) is 14.2 Å². The van der Waals surface area contributed by atoms with Gasteiger partial charge in [-0.25, -0.2) is 0 Å². The molecule has 16 heavy (non-hydrogen) atoms. The van der Waals surface area contributed by atoms with E-state index in [1.165, 1.54) is 0 Å². The van der Waals surface area contributed by atoms with Gasteiger partial charge in [-0.3, -0.25) is 0 Å². The Balaban J connectivity index is 2.31. The molecule has 3 heteroatoms. The third-order valence-corrected chi connectivity index (χ3v) is 3.28. The van der Waals surface area contributed by atoms with Gasteiger partial charge in [0.25, 0.3) is 0 Å². The van der Waals surface area contributed by atoms with Crippen LogP contribution in [0.15, 0.2) is 24.3 Å². The van der Waals surface area contributed by atoms with Crippen LogP contribution in [0.1, 0.15) is 24.4 Å². The summed E-state index contributed by atoms with van der Waals surface area (Å²) in [5.41, 5.74) is 0.919. The SMILES string of the molecule is CNC(c1cccc(OC)c1)C1(C#N)CC1. The molecule has 1 saturated carbocycles. The van der Waals surface area contributed by atoms with E-state index in [4.69, 9.17) is 4.74 Å². The van der Waals surface area contributed by atoms with Gasteiger partial charge in [0, 0.05) is 0 Å². The Morgan fingerprint density at radius 2 is 2.25 bits per heavy atom. The van der Waals surface area contributed by atoms with E-state index in [0.29, 0.717) is 0 Å². The van der Waals surface area contributed by atoms with E-state index in [1.807, 2.05) is 31.3 Å². The molecule has 0 saturated heterocycles. The van der Waals surface area contributed by atoms with Crippen molar-refractivity contribution in [3.05, 3.63) is 29.8 Å². The lowest BCUT2D eigenvalue weighted by Crippen LogP contribution is -2.25. The second-order valence-corrected chi connectivity index (χ2v) is 4.27. The normalized spacial score (nSPS) is 18.6. The molecule has 0 spiro atoms. The van der Waals surface area contributed by atoms with Crippen molar-refractivity contribution in [2.45, 2.75) is 18.9 Å². The van der Waals surface area contributed by atoms with Crippen LogP contribution in [0.4, 0.5) is 0 Å². The highest BCUT2D eigenvalue weighted by Crippen LogP contribution is 2.54. The van der Waals surface area contributed by atoms with Crippen LogP contribution in [0.2, 0.25) is 0 Å². The molecular formula is C13H16N2O. The number of nitrogens with zero attached hydrogens (tertiary/aromatic N) is 1. The predicted molar refractivity (Wildman–Crippen MR) is 62.1 cm³/mol. The summed E-state index contributed by atoms with van der Waals surface area (Å²) < 4.78 is 5.21. The zero-order valence-corrected chi connectivity index (χ0v) is 9.66. The Morgan fingerprint density at radius 3 is 2.75 bits per heavy atom. The number of methoxy groups -OCH3 is 1. The lowest BCUT2D eigenvalue weighted by Gasteiger charge is -2.21. The summed E-state index contributed by atoms with van der Waals surface area (Å²) in [6.07, 6.45) is 1.96. The molecule has 0 aliphatic heterocycles. The molecule has 1 unspecified atom stereocenters. The number of nitrogens with one attached hydrogen (secondary N) is 1. The Labute approximate surface area is 96.0 Å². The van der Waals surface area contributed by atoms with Crippen molar-refractivity contribution < 1.29 is 4.74 Å². The highest BCUT2D eigenvalue weighted by molar-refractivity contribution is 5.34. The number of hydrogen-bond acceptors (Lipinski definition) is 3. The summed E-state index contributed by atoms with van der Waals surface area (Å²) in [6.45, 7) is 0. The number of ether oxygens (including phenoxy) is 1. The zero-order valence-electron chi connectivity index (χ0n) is 9.66. The van der Waals surface area contributed by atoms with Crippen LogP contribution in [0, 0.1) is 16.7 Å². The van der Waals surface area contributed by atoms with Gasteiger partial charge in [-0.05, 0) is 37.6 Å². The van der Waals surface area contributed by atoms with Crippen molar-refractivity contribution in [2.24, 2.45) is 5.41 Å². The lowest BCUT2D eigenvalue weighted by molar-refractivity contribution is 0.408. The largest absolute Gasteiger partial charge is 0.497 e. The van der Waals surface area contributed by atoms with Gasteiger partial charge in [0.2, 0.25) is 0 Å². The third-order valence-electron chi connectivity index (χ3n) is 3.28. The molecule has 0 amide bonds. The van der Waals surface area contributed by atoms with Crippen LogP contribution in [0.5, 0.6) is 5.75 Å². The molecule has 84 valence electrons. The Morgan fingerprint density at radius 1 is 1.50 bits per heavy atom. The van der Waals surface area contributed by atoms with Crippen LogP contribution in [-0.4, -0.2) is 14.2 Å². The lowest BCUT2D eigenvalue weighted by atomic mass is 9.91. The van der Waals surface area contributed by atoms with Crippen LogP contribution in [0.3, 0.4) is 0 Å². The van der Waals surface area contributed by atoms with Gasteiger partial charge in [0.15, 0.2) is 0 Å². The summed E-state index contributed by atoms with van der Waals surface area (Å²) in [6, 6.07) is 10.5. The molecule has 2 rings (SSSR count). The van der Waals surface area contributed by atoms with Crippen molar-refractivity contribution in [1.82, 2.24) is 5.32 Å². The van der Waals surface area contributed by atoms with E-state index in [0.717, 1.165) is 24.2 Å². The molecule has 1 fully saturated rings. The highest BCUT2D eigenvalue weighted by Gasteiger charge is 2.50. The fraction of sp³-hybridized carbons (Fsp3) is 0.462. The maximum atomic E-state index is 9.22. The smallest absolute Gasteiger partial charge is 0.119 e. The number of hydrogen-bond donors (Lipinski definition) is 1. The minimum atomic E-state index is -0.207. The summed E-state index contributed by atoms with van der Waals surface area (Å²) in [7, 11) is 3.56. The molecule has 1 aromatic carbocycles. The first-order valence-electron chi connectivity index (χ1n) is 5.48. The summed E-state index contributed by atoms with van der Waals surface area (Å²) in [5, 5.41) is 12.5. The summed E-state index contributed by atoms with van der Waals surface area (Å²) >= 11 is 0. The Bertz CT molecular complexity index is 418. The van der Waals surface area contributed by atoms with Crippen LogP contribution >= 0.6 is 0 Å². The van der Waals surface area contributed by atoms with E-state index in [9.17, 15) is 5.26 Å². The first-order chi connectivity index (χ1) is 7.75. The number of nitriles is 1. The molecule has 0 aromatic heterocycles. The molecule has 1 aromatic rings. The molecule has 1 aliphatic rings. The first kappa shape index (κ1) is 11.0. The van der Waals surface area contributed by atoms with Gasteiger partial charge in [-0.15, -0.1) is 0 Å². The van der Waals surface area contributed by atoms with Crippen molar-refractivity contribution in [1.29, 1.82) is 5.26 Å². The second-order valence-electron chi connectivity index (χ2n) is 4.27. The standard InChI is InChI=1S/C13H16N2O/c1-15-12(13(9-14)6-7-13)10-4-3-5-11(8-10)16-2/h3-5,8,12,15H,6-7H2,1-2H3. The van der Waals surface area contributed by atoms with E-state index < -0.39 is 0 Å². The fourth-order valence-corrected chi connectivity index (χ4v) is 2.18. The van der Waals surface area contributed by atoms with E-state index in [1.54, 1.807) is 7.11 Å². The average molecular weight is 216 g/mol. The molecule has 3 nitrogen and oxygen atoms in total. The molecule has 0 bridgehead atoms. The Kier molecular flexibility index (Phi) is 2.84. The first-order valence-corrected chi connectivity index (χ1v) is 5.48. The van der Waals surface area contributed by atoms with Crippen LogP contribution in [0.25, 0.3) is 0 Å². The van der Waals surface area contributed by atoms with E-state index >= 15 is 0 Å². The van der Waals surface area contributed by atoms with Gasteiger partial charge >= 0.3 is 0 Å². The van der Waals surface area contributed by atoms with Gasteiger partial charge in [0.1, 0.15) is 5.75 Å². The molecule has 1 aliphatic carbocycles. The van der Waals surface area contributed by atoms with Gasteiger partial charge in [-0.1, -0.05) is 12.1 Å². The van der Waals surface area contributed by atoms with Crippen LogP contribution < -0.4 is 10.1 Å². The monoisotopic (exact) mass is 216 g/mol. The minimum Gasteiger partial charge on any atom is -0.497 e. The van der Waals surface area contributed by atoms with Crippen molar-refractivity contribution in [3.63, 3.8) is 0 Å². The second kappa shape index (κ2) is 4.15. The van der Waals surface area contributed by atoms with Crippen LogP contribution in [-0.2, 0) is 0 Å². The molecule has 1 atom stereocenters. The van der Waals surface area contributed by atoms with E-state index in [-0.39, 0.29) is 11.5 Å². The Hall–Kier alpha value is -1.53. The van der Waals surface area contributed by atoms with Gasteiger partial charge in [-0.2, -0.15) is 5.26 Å². The van der Waals surface area contributed by atoms with Gasteiger partial charge < -0.3 is 10.1 Å². The zero-order chi connectivity index (χ0) is 11.6. The molecule has 0 radical (unpaired) electrons. The molecular weight excluding hydrogens is 200 g/mol. The maximum absolute atomic E-state index is 9.22. The minimum absolute atomic E-state index is 0.104. The highest BCUT2D eigenvalue weighted by atomic mass is 16.5. The van der Waals surface area contributed by atoms with E-state index in [2.05, 4.69) is 11.4 Å². The maximum Gasteiger partial charge on any atom is 0.119 e. The number of rotatable bonds is 4. The third kappa shape index (κ3) is 1.77. The molecule has 1 N–H and O–H groups in total. The summed E-state index contributed by atoms with van der Waals surface area (Å²) in [5.74, 6) is 0.839. The fourth-order valence-electron chi connectivity index (χ4n) is 2.18. The number of benzene rings is 1. The quantitative estimate of drug-likeness (QED) is 0.839.